The predicted molar refractivity (Wildman–Crippen MR) is 152 cm³/mol. The van der Waals surface area contributed by atoms with Crippen LogP contribution in [0.25, 0.3) is 6.08 Å². The summed E-state index contributed by atoms with van der Waals surface area (Å²) in [5.74, 6) is -0.591. The predicted octanol–water partition coefficient (Wildman–Crippen LogP) is 6.27. The van der Waals surface area contributed by atoms with Crippen molar-refractivity contribution in [1.82, 2.24) is 4.90 Å². The van der Waals surface area contributed by atoms with Gasteiger partial charge in [0.1, 0.15) is 5.75 Å². The highest BCUT2D eigenvalue weighted by Gasteiger charge is 2.58. The minimum absolute atomic E-state index is 0.0134. The number of phenolic OH excluding ortho intramolecular Hbond substituents is 1. The van der Waals surface area contributed by atoms with Gasteiger partial charge in [-0.15, -0.1) is 0 Å². The zero-order chi connectivity index (χ0) is 27.0. The third-order valence-corrected chi connectivity index (χ3v) is 9.73. The molecule has 6 nitrogen and oxygen atoms in total. The van der Waals surface area contributed by atoms with Gasteiger partial charge in [0.25, 0.3) is 0 Å². The minimum Gasteiger partial charge on any atom is -0.507 e. The monoisotopic (exact) mass is 583 g/mol. The first kappa shape index (κ1) is 27.7. The molecule has 4 aliphatic rings. The van der Waals surface area contributed by atoms with Crippen molar-refractivity contribution in [3.05, 3.63) is 45.0 Å². The van der Waals surface area contributed by atoms with Crippen LogP contribution >= 0.6 is 15.9 Å². The first-order valence-corrected chi connectivity index (χ1v) is 15.2. The van der Waals surface area contributed by atoms with Crippen LogP contribution in [-0.4, -0.2) is 46.1 Å². The summed E-state index contributed by atoms with van der Waals surface area (Å²) in [6, 6.07) is 5.44. The number of nitrogens with zero attached hydrogens (tertiary/aromatic N) is 1. The molecule has 0 bridgehead atoms. The van der Waals surface area contributed by atoms with Crippen LogP contribution in [0.3, 0.4) is 0 Å². The van der Waals surface area contributed by atoms with Crippen LogP contribution in [-0.2, 0) is 14.2 Å². The molecular weight excluding hydrogens is 545 g/mol. The fraction of sp³-hybridized carbons (Fsp3) is 0.600. The summed E-state index contributed by atoms with van der Waals surface area (Å²) >= 11 is 3.48. The van der Waals surface area contributed by atoms with Gasteiger partial charge in [-0.25, -0.2) is 0 Å². The number of rotatable bonds is 7. The molecule has 0 aromatic heterocycles. The van der Waals surface area contributed by atoms with Gasteiger partial charge < -0.3 is 14.8 Å². The second-order valence-corrected chi connectivity index (χ2v) is 12.3. The van der Waals surface area contributed by atoms with Crippen molar-refractivity contribution in [3.63, 3.8) is 0 Å². The van der Waals surface area contributed by atoms with Crippen LogP contribution < -0.4 is 0 Å². The van der Waals surface area contributed by atoms with E-state index >= 15 is 0 Å². The van der Waals surface area contributed by atoms with E-state index in [4.69, 9.17) is 4.65 Å². The second-order valence-electron chi connectivity index (χ2n) is 11.4. The number of aromatic hydroxyl groups is 1. The van der Waals surface area contributed by atoms with Crippen molar-refractivity contribution in [2.24, 2.45) is 17.8 Å². The molecule has 38 heavy (non-hydrogen) atoms. The third-order valence-electron chi connectivity index (χ3n) is 9.24. The lowest BCUT2D eigenvalue weighted by Crippen LogP contribution is -2.46. The molecule has 4 atom stereocenters. The van der Waals surface area contributed by atoms with E-state index in [0.717, 1.165) is 60.6 Å². The topological polar surface area (TPSA) is 87.1 Å². The van der Waals surface area contributed by atoms with Crippen molar-refractivity contribution in [1.29, 1.82) is 0 Å². The van der Waals surface area contributed by atoms with Crippen molar-refractivity contribution >= 4 is 40.9 Å². The van der Waals surface area contributed by atoms with Gasteiger partial charge in [0.15, 0.2) is 0 Å². The SMILES string of the molecule is CCC1=C2[C@@H](CC/C(=C/c3cc(Br)ccc3O)CC)OB(O)C[C@@H]2[C@@H]2C(=O)N(C3CCCCC3)C(=O)[C@@H]2C1. The summed E-state index contributed by atoms with van der Waals surface area (Å²) in [4.78, 5) is 29.0. The number of fused-ring (bicyclic) bond motifs is 3. The largest absolute Gasteiger partial charge is 0.507 e. The van der Waals surface area contributed by atoms with Crippen LogP contribution in [0.15, 0.2) is 39.4 Å². The zero-order valence-electron chi connectivity index (χ0n) is 22.5. The molecular formula is C30H39BBrNO5. The summed E-state index contributed by atoms with van der Waals surface area (Å²) in [5.41, 5.74) is 4.34. The molecule has 0 unspecified atom stereocenters. The number of amides is 2. The van der Waals surface area contributed by atoms with E-state index in [-0.39, 0.29) is 47.5 Å². The number of hydrogen-bond acceptors (Lipinski definition) is 5. The Morgan fingerprint density at radius 2 is 1.92 bits per heavy atom. The summed E-state index contributed by atoms with van der Waals surface area (Å²) in [6.45, 7) is 4.22. The highest BCUT2D eigenvalue weighted by molar-refractivity contribution is 9.10. The Bertz CT molecular complexity index is 1140. The van der Waals surface area contributed by atoms with E-state index in [1.807, 2.05) is 18.2 Å². The molecule has 204 valence electrons. The Labute approximate surface area is 234 Å². The van der Waals surface area contributed by atoms with Crippen LogP contribution in [0.4, 0.5) is 0 Å². The Morgan fingerprint density at radius 3 is 2.63 bits per heavy atom. The smallest absolute Gasteiger partial charge is 0.455 e. The van der Waals surface area contributed by atoms with Gasteiger partial charge in [0.05, 0.1) is 17.9 Å². The molecule has 3 fully saturated rings. The number of likely N-dealkylation sites (tertiary alicyclic amines) is 1. The van der Waals surface area contributed by atoms with E-state index < -0.39 is 7.12 Å². The number of imide groups is 1. The van der Waals surface area contributed by atoms with Gasteiger partial charge in [0.2, 0.25) is 11.8 Å². The van der Waals surface area contributed by atoms with Crippen LogP contribution in [0.2, 0.25) is 6.32 Å². The molecule has 2 heterocycles. The quantitative estimate of drug-likeness (QED) is 0.224. The van der Waals surface area contributed by atoms with Crippen molar-refractivity contribution in [2.75, 3.05) is 0 Å². The minimum atomic E-state index is -0.944. The lowest BCUT2D eigenvalue weighted by Gasteiger charge is -2.43. The maximum Gasteiger partial charge on any atom is 0.455 e. The maximum atomic E-state index is 13.8. The van der Waals surface area contributed by atoms with Gasteiger partial charge in [-0.1, -0.05) is 66.3 Å². The molecule has 1 aromatic carbocycles. The molecule has 2 amide bonds. The standard InChI is InChI=1S/C30H39BBrNO5/c1-3-18(14-20-15-21(32)11-12-25(20)34)10-13-26-27-19(4-2)16-23-28(24(27)17-31(37)38-26)30(36)33(29(23)35)22-8-6-5-7-9-22/h11-12,14-15,22-24,26,28,34,37H,3-10,13,16-17H2,1-2H3/b18-14+/t23-,24+,26-,28-/m1/s1. The molecule has 0 spiro atoms. The van der Waals surface area contributed by atoms with E-state index in [2.05, 4.69) is 29.8 Å². The first-order valence-electron chi connectivity index (χ1n) is 14.4. The molecule has 2 saturated heterocycles. The van der Waals surface area contributed by atoms with E-state index in [1.165, 1.54) is 17.6 Å². The molecule has 5 rings (SSSR count). The van der Waals surface area contributed by atoms with Gasteiger partial charge in [-0.2, -0.15) is 0 Å². The molecule has 1 saturated carbocycles. The van der Waals surface area contributed by atoms with E-state index in [0.29, 0.717) is 19.2 Å². The Balaban J connectivity index is 1.39. The summed E-state index contributed by atoms with van der Waals surface area (Å²) < 4.78 is 7.04. The number of benzene rings is 1. The maximum absolute atomic E-state index is 13.8. The summed E-state index contributed by atoms with van der Waals surface area (Å²) in [6.07, 6.45) is 11.0. The summed E-state index contributed by atoms with van der Waals surface area (Å²) in [5, 5.41) is 21.1. The van der Waals surface area contributed by atoms with E-state index in [9.17, 15) is 19.7 Å². The van der Waals surface area contributed by atoms with Crippen LogP contribution in [0.5, 0.6) is 5.75 Å². The fourth-order valence-electron chi connectivity index (χ4n) is 7.35. The zero-order valence-corrected chi connectivity index (χ0v) is 24.1. The third kappa shape index (κ3) is 5.28. The van der Waals surface area contributed by atoms with Gasteiger partial charge in [-0.3, -0.25) is 14.5 Å². The molecule has 0 radical (unpaired) electrons. The molecule has 2 N–H and O–H groups in total. The van der Waals surface area contributed by atoms with E-state index in [1.54, 1.807) is 11.0 Å². The average molecular weight is 584 g/mol. The lowest BCUT2D eigenvalue weighted by molar-refractivity contribution is -0.143. The van der Waals surface area contributed by atoms with Crippen molar-refractivity contribution in [3.8, 4) is 5.75 Å². The van der Waals surface area contributed by atoms with Gasteiger partial charge in [-0.05, 0) is 81.0 Å². The number of phenols is 1. The molecule has 2 aliphatic heterocycles. The highest BCUT2D eigenvalue weighted by Crippen LogP contribution is 2.52. The first-order chi connectivity index (χ1) is 18.3. The highest BCUT2D eigenvalue weighted by atomic mass is 79.9. The summed E-state index contributed by atoms with van der Waals surface area (Å²) in [7, 11) is -0.944. The molecule has 1 aromatic rings. The molecule has 2 aliphatic carbocycles. The Kier molecular flexibility index (Phi) is 8.51. The van der Waals surface area contributed by atoms with Crippen molar-refractivity contribution < 1.29 is 24.4 Å². The van der Waals surface area contributed by atoms with Crippen molar-refractivity contribution in [2.45, 2.75) is 96.5 Å². The number of carbonyl (C=O) groups excluding carboxylic acids is 2. The second kappa shape index (κ2) is 11.7. The van der Waals surface area contributed by atoms with Gasteiger partial charge >= 0.3 is 7.12 Å². The number of halogens is 1. The number of carbonyl (C=O) groups is 2. The Morgan fingerprint density at radius 1 is 1.16 bits per heavy atom. The van der Waals surface area contributed by atoms with Crippen LogP contribution in [0.1, 0.15) is 83.6 Å². The Hall–Kier alpha value is -1.90. The average Bonchev–Trinajstić information content (AvgIpc) is 3.17. The lowest BCUT2D eigenvalue weighted by atomic mass is 9.58. The van der Waals surface area contributed by atoms with Gasteiger partial charge in [0, 0.05) is 16.1 Å². The number of allylic oxidation sites excluding steroid dienone is 2. The van der Waals surface area contributed by atoms with Crippen LogP contribution in [0, 0.1) is 17.8 Å². The fourth-order valence-corrected chi connectivity index (χ4v) is 7.73. The number of hydrogen-bond donors (Lipinski definition) is 2. The normalized spacial score (nSPS) is 28.7. The molecule has 8 heteroatoms.